The van der Waals surface area contributed by atoms with Crippen molar-refractivity contribution in [3.63, 3.8) is 0 Å². The standard InChI is InChI=1S/C4H8N2O4/c5-1(4(9)10)2(7)3(6)8/h1-2,7H,5H2,(H2,6,8)(H,9,10)/t1-,2-/m0/s1. The number of nitrogens with two attached hydrogens (primary N) is 2. The molecule has 0 aromatic carbocycles. The predicted octanol–water partition coefficient (Wildman–Crippen LogP) is -2.76. The molecule has 0 heterocycles. The molecular formula is C4H8N2O4. The van der Waals surface area contributed by atoms with Crippen LogP contribution in [0.5, 0.6) is 0 Å². The van der Waals surface area contributed by atoms with Crippen molar-refractivity contribution in [2.75, 3.05) is 0 Å². The zero-order valence-corrected chi connectivity index (χ0v) is 5.02. The first-order chi connectivity index (χ1) is 4.46. The Labute approximate surface area is 56.4 Å². The number of hydrogen-bond acceptors (Lipinski definition) is 4. The monoisotopic (exact) mass is 148 g/mol. The van der Waals surface area contributed by atoms with Gasteiger partial charge < -0.3 is 21.7 Å². The van der Waals surface area contributed by atoms with Gasteiger partial charge in [0.2, 0.25) is 5.91 Å². The molecule has 0 aliphatic rings. The lowest BCUT2D eigenvalue weighted by Gasteiger charge is -2.09. The van der Waals surface area contributed by atoms with E-state index in [0.717, 1.165) is 0 Å². The molecule has 0 aliphatic carbocycles. The molecule has 0 rings (SSSR count). The first-order valence-electron chi connectivity index (χ1n) is 2.42. The molecule has 6 heteroatoms. The molecule has 6 nitrogen and oxygen atoms in total. The fourth-order valence-electron chi connectivity index (χ4n) is 0.312. The number of rotatable bonds is 3. The molecule has 0 saturated heterocycles. The minimum Gasteiger partial charge on any atom is -0.480 e. The van der Waals surface area contributed by atoms with Crippen molar-refractivity contribution in [3.8, 4) is 0 Å². The zero-order valence-electron chi connectivity index (χ0n) is 5.02. The molecule has 0 aliphatic heterocycles. The van der Waals surface area contributed by atoms with Gasteiger partial charge in [-0.15, -0.1) is 0 Å². The summed E-state index contributed by atoms with van der Waals surface area (Å²) in [7, 11) is 0. The number of aliphatic carboxylic acids is 1. The number of hydrogen-bond donors (Lipinski definition) is 4. The van der Waals surface area contributed by atoms with Crippen LogP contribution < -0.4 is 11.5 Å². The number of aliphatic hydroxyl groups is 1. The van der Waals surface area contributed by atoms with Crippen LogP contribution in [0.3, 0.4) is 0 Å². The number of carboxylic acid groups (broad SMARTS) is 1. The summed E-state index contributed by atoms with van der Waals surface area (Å²) in [5.41, 5.74) is 9.35. The molecule has 0 spiro atoms. The molecule has 1 amide bonds. The maximum atomic E-state index is 10.1. The van der Waals surface area contributed by atoms with Crippen molar-refractivity contribution in [3.05, 3.63) is 0 Å². The highest BCUT2D eigenvalue weighted by Gasteiger charge is 2.26. The molecule has 10 heavy (non-hydrogen) atoms. The zero-order chi connectivity index (χ0) is 8.31. The maximum Gasteiger partial charge on any atom is 0.323 e. The molecule has 0 aromatic rings. The van der Waals surface area contributed by atoms with Crippen molar-refractivity contribution in [2.45, 2.75) is 12.1 Å². The van der Waals surface area contributed by atoms with E-state index in [0.29, 0.717) is 0 Å². The second-order valence-electron chi connectivity index (χ2n) is 1.71. The van der Waals surface area contributed by atoms with Gasteiger partial charge in [0.15, 0.2) is 6.10 Å². The Bertz CT molecular complexity index is 139. The van der Waals surface area contributed by atoms with Crippen molar-refractivity contribution in [1.29, 1.82) is 0 Å². The van der Waals surface area contributed by atoms with Crippen LogP contribution >= 0.6 is 0 Å². The minimum absolute atomic E-state index is 1.14. The largest absolute Gasteiger partial charge is 0.480 e. The van der Waals surface area contributed by atoms with Gasteiger partial charge in [-0.05, 0) is 0 Å². The molecule has 0 bridgehead atoms. The van der Waals surface area contributed by atoms with Crippen molar-refractivity contribution in [1.82, 2.24) is 0 Å². The Kier molecular flexibility index (Phi) is 2.78. The van der Waals surface area contributed by atoms with E-state index in [4.69, 9.17) is 15.9 Å². The Hall–Kier alpha value is -1.14. The van der Waals surface area contributed by atoms with E-state index in [2.05, 4.69) is 5.73 Å². The van der Waals surface area contributed by atoms with Crippen molar-refractivity contribution >= 4 is 11.9 Å². The highest BCUT2D eigenvalue weighted by molar-refractivity contribution is 5.87. The van der Waals surface area contributed by atoms with Gasteiger partial charge in [-0.2, -0.15) is 0 Å². The quantitative estimate of drug-likeness (QED) is 0.345. The SMILES string of the molecule is NC(=O)[C@@H](O)[C@H](N)C(=O)O. The molecule has 0 unspecified atom stereocenters. The number of carbonyl (C=O) groups excluding carboxylic acids is 1. The molecule has 0 radical (unpaired) electrons. The Morgan fingerprint density at radius 3 is 1.90 bits per heavy atom. The summed E-state index contributed by atoms with van der Waals surface area (Å²) < 4.78 is 0. The number of carbonyl (C=O) groups is 2. The smallest absolute Gasteiger partial charge is 0.323 e. The van der Waals surface area contributed by atoms with Crippen LogP contribution in [-0.2, 0) is 9.59 Å². The second-order valence-corrected chi connectivity index (χ2v) is 1.71. The third kappa shape index (κ3) is 2.00. The summed E-state index contributed by atoms with van der Waals surface area (Å²) in [4.78, 5) is 20.0. The lowest BCUT2D eigenvalue weighted by molar-refractivity contribution is -0.145. The highest BCUT2D eigenvalue weighted by atomic mass is 16.4. The first kappa shape index (κ1) is 8.86. The normalized spacial score (nSPS) is 15.8. The molecular weight excluding hydrogens is 140 g/mol. The Morgan fingerprint density at radius 2 is 1.80 bits per heavy atom. The van der Waals surface area contributed by atoms with Crippen LogP contribution in [0.15, 0.2) is 0 Å². The van der Waals surface area contributed by atoms with Crippen LogP contribution in [0.25, 0.3) is 0 Å². The Balaban J connectivity index is 4.07. The van der Waals surface area contributed by atoms with Gasteiger partial charge in [-0.25, -0.2) is 0 Å². The van der Waals surface area contributed by atoms with E-state index in [9.17, 15) is 9.59 Å². The molecule has 58 valence electrons. The van der Waals surface area contributed by atoms with Crippen LogP contribution in [-0.4, -0.2) is 34.2 Å². The minimum atomic E-state index is -1.82. The van der Waals surface area contributed by atoms with E-state index in [1.54, 1.807) is 0 Å². The molecule has 2 atom stereocenters. The van der Waals surface area contributed by atoms with Gasteiger partial charge in [0.1, 0.15) is 6.04 Å². The van der Waals surface area contributed by atoms with Crippen LogP contribution in [0.1, 0.15) is 0 Å². The average molecular weight is 148 g/mol. The van der Waals surface area contributed by atoms with E-state index in [1.807, 2.05) is 0 Å². The number of aliphatic hydroxyl groups excluding tert-OH is 1. The molecule has 0 saturated carbocycles. The highest BCUT2D eigenvalue weighted by Crippen LogP contribution is 1.87. The number of carboxylic acids is 1. The van der Waals surface area contributed by atoms with E-state index in [1.165, 1.54) is 0 Å². The van der Waals surface area contributed by atoms with Crippen LogP contribution in [0, 0.1) is 0 Å². The summed E-state index contributed by atoms with van der Waals surface area (Å²) in [6.45, 7) is 0. The van der Waals surface area contributed by atoms with E-state index in [-0.39, 0.29) is 0 Å². The predicted molar refractivity (Wildman–Crippen MR) is 30.8 cm³/mol. The van der Waals surface area contributed by atoms with Gasteiger partial charge in [0, 0.05) is 0 Å². The summed E-state index contributed by atoms with van der Waals surface area (Å²) in [6.07, 6.45) is -1.82. The van der Waals surface area contributed by atoms with Gasteiger partial charge in [0.25, 0.3) is 0 Å². The molecule has 0 fully saturated rings. The number of primary amides is 1. The fourth-order valence-corrected chi connectivity index (χ4v) is 0.312. The van der Waals surface area contributed by atoms with Gasteiger partial charge in [0.05, 0.1) is 0 Å². The van der Waals surface area contributed by atoms with Crippen molar-refractivity contribution < 1.29 is 19.8 Å². The number of amides is 1. The second kappa shape index (κ2) is 3.14. The van der Waals surface area contributed by atoms with Gasteiger partial charge in [-0.1, -0.05) is 0 Å². The molecule has 0 aromatic heterocycles. The van der Waals surface area contributed by atoms with Crippen molar-refractivity contribution in [2.24, 2.45) is 11.5 Å². The molecule has 6 N–H and O–H groups in total. The van der Waals surface area contributed by atoms with E-state index < -0.39 is 24.0 Å². The topological polar surface area (TPSA) is 127 Å². The van der Waals surface area contributed by atoms with Gasteiger partial charge in [-0.3, -0.25) is 9.59 Å². The van der Waals surface area contributed by atoms with Crippen LogP contribution in [0.2, 0.25) is 0 Å². The van der Waals surface area contributed by atoms with E-state index >= 15 is 0 Å². The third-order valence-electron chi connectivity index (χ3n) is 0.917. The summed E-state index contributed by atoms with van der Waals surface area (Å²) in [5, 5.41) is 16.7. The lowest BCUT2D eigenvalue weighted by Crippen LogP contribution is -2.48. The maximum absolute atomic E-state index is 10.1. The average Bonchev–Trinajstić information content (AvgIpc) is 1.84. The summed E-state index contributed by atoms with van der Waals surface area (Å²) >= 11 is 0. The van der Waals surface area contributed by atoms with Crippen LogP contribution in [0.4, 0.5) is 0 Å². The summed E-state index contributed by atoms with van der Waals surface area (Å²) in [5.74, 6) is -2.61. The van der Waals surface area contributed by atoms with Gasteiger partial charge >= 0.3 is 5.97 Å². The fraction of sp³-hybridized carbons (Fsp3) is 0.500. The lowest BCUT2D eigenvalue weighted by atomic mass is 10.2. The summed E-state index contributed by atoms with van der Waals surface area (Å²) in [6, 6.07) is -1.64. The third-order valence-corrected chi connectivity index (χ3v) is 0.917. The first-order valence-corrected chi connectivity index (χ1v) is 2.42. The Morgan fingerprint density at radius 1 is 1.40 bits per heavy atom.